The molecular formula is C32H30. The van der Waals surface area contributed by atoms with Gasteiger partial charge in [-0.05, 0) is 68.8 Å². The Hall–Kier alpha value is -3.38. The Morgan fingerprint density at radius 1 is 0.938 bits per heavy atom. The number of benzene rings is 3. The van der Waals surface area contributed by atoms with E-state index in [0.717, 1.165) is 12.8 Å². The van der Waals surface area contributed by atoms with Crippen molar-refractivity contribution in [2.24, 2.45) is 5.92 Å². The number of fused-ring (bicyclic) bond motifs is 1. The molecule has 0 aromatic heterocycles. The highest BCUT2D eigenvalue weighted by atomic mass is 14.2. The van der Waals surface area contributed by atoms with Gasteiger partial charge in [0.15, 0.2) is 0 Å². The topological polar surface area (TPSA) is 0 Å². The van der Waals surface area contributed by atoms with Gasteiger partial charge < -0.3 is 0 Å². The first-order valence-corrected chi connectivity index (χ1v) is 11.6. The molecule has 0 bridgehead atoms. The molecule has 0 radical (unpaired) electrons. The Morgan fingerprint density at radius 2 is 1.72 bits per heavy atom. The van der Waals surface area contributed by atoms with Crippen molar-refractivity contribution in [3.63, 3.8) is 0 Å². The SMILES string of the molecule is C=C(c1ccc(Cc2cc(-c3cccc4c3C=CC4)cc(C3C=CC=C3)c2)cc1)C(C)C. The summed E-state index contributed by atoms with van der Waals surface area (Å²) >= 11 is 0. The molecule has 0 aliphatic heterocycles. The Balaban J connectivity index is 1.52. The van der Waals surface area contributed by atoms with Crippen LogP contribution >= 0.6 is 0 Å². The average molecular weight is 415 g/mol. The average Bonchev–Trinajstić information content (AvgIpc) is 3.51. The van der Waals surface area contributed by atoms with Crippen LogP contribution in [-0.4, -0.2) is 0 Å². The molecule has 3 aromatic carbocycles. The van der Waals surface area contributed by atoms with Gasteiger partial charge in [-0.25, -0.2) is 0 Å². The van der Waals surface area contributed by atoms with Crippen LogP contribution in [-0.2, 0) is 12.8 Å². The predicted molar refractivity (Wildman–Crippen MR) is 139 cm³/mol. The Morgan fingerprint density at radius 3 is 2.47 bits per heavy atom. The minimum Gasteiger partial charge on any atom is -0.0950 e. The second kappa shape index (κ2) is 8.63. The van der Waals surface area contributed by atoms with E-state index in [1.54, 1.807) is 0 Å². The smallest absolute Gasteiger partial charge is 0.0205 e. The normalized spacial score (nSPS) is 14.5. The molecule has 0 saturated carbocycles. The zero-order valence-electron chi connectivity index (χ0n) is 19.0. The van der Waals surface area contributed by atoms with E-state index in [-0.39, 0.29) is 0 Å². The maximum atomic E-state index is 4.25. The molecule has 32 heavy (non-hydrogen) atoms. The van der Waals surface area contributed by atoms with Crippen LogP contribution in [0.3, 0.4) is 0 Å². The molecule has 0 saturated heterocycles. The van der Waals surface area contributed by atoms with E-state index in [9.17, 15) is 0 Å². The van der Waals surface area contributed by atoms with Crippen LogP contribution < -0.4 is 0 Å². The summed E-state index contributed by atoms with van der Waals surface area (Å²) in [7, 11) is 0. The van der Waals surface area contributed by atoms with E-state index >= 15 is 0 Å². The van der Waals surface area contributed by atoms with Gasteiger partial charge in [-0.1, -0.05) is 118 Å². The van der Waals surface area contributed by atoms with E-state index in [4.69, 9.17) is 0 Å². The van der Waals surface area contributed by atoms with E-state index in [1.165, 1.54) is 50.1 Å². The molecule has 0 N–H and O–H groups in total. The fraction of sp³-hybridized carbons (Fsp3) is 0.188. The van der Waals surface area contributed by atoms with E-state index in [2.05, 4.69) is 118 Å². The van der Waals surface area contributed by atoms with Crippen LogP contribution in [0.1, 0.15) is 53.1 Å². The minimum absolute atomic E-state index is 0.359. The molecule has 0 heterocycles. The van der Waals surface area contributed by atoms with Gasteiger partial charge in [0.2, 0.25) is 0 Å². The van der Waals surface area contributed by atoms with Crippen molar-refractivity contribution < 1.29 is 0 Å². The molecule has 0 nitrogen and oxygen atoms in total. The van der Waals surface area contributed by atoms with Gasteiger partial charge in [0.1, 0.15) is 0 Å². The number of hydrogen-bond donors (Lipinski definition) is 0. The van der Waals surface area contributed by atoms with Crippen molar-refractivity contribution in [2.75, 3.05) is 0 Å². The van der Waals surface area contributed by atoms with E-state index < -0.39 is 0 Å². The molecule has 0 heteroatoms. The lowest BCUT2D eigenvalue weighted by molar-refractivity contribution is 0.857. The van der Waals surface area contributed by atoms with Gasteiger partial charge in [0.25, 0.3) is 0 Å². The summed E-state index contributed by atoms with van der Waals surface area (Å²) in [6.07, 6.45) is 15.4. The second-order valence-corrected chi connectivity index (χ2v) is 9.30. The predicted octanol–water partition coefficient (Wildman–Crippen LogP) is 8.39. The molecule has 0 unspecified atom stereocenters. The molecular weight excluding hydrogens is 384 g/mol. The zero-order chi connectivity index (χ0) is 22.1. The third kappa shape index (κ3) is 4.06. The first kappa shape index (κ1) is 20.5. The molecule has 2 aliphatic rings. The van der Waals surface area contributed by atoms with Crippen LogP contribution in [0.15, 0.2) is 97.6 Å². The Labute approximate surface area is 192 Å². The van der Waals surface area contributed by atoms with Crippen molar-refractivity contribution in [1.82, 2.24) is 0 Å². The first-order chi connectivity index (χ1) is 15.6. The van der Waals surface area contributed by atoms with Crippen molar-refractivity contribution in [1.29, 1.82) is 0 Å². The summed E-state index contributed by atoms with van der Waals surface area (Å²) in [4.78, 5) is 0. The van der Waals surface area contributed by atoms with Crippen LogP contribution in [0.5, 0.6) is 0 Å². The van der Waals surface area contributed by atoms with Gasteiger partial charge in [-0.15, -0.1) is 0 Å². The van der Waals surface area contributed by atoms with E-state index in [1.807, 2.05) is 0 Å². The Kier molecular flexibility index (Phi) is 5.53. The van der Waals surface area contributed by atoms with Gasteiger partial charge in [0, 0.05) is 5.92 Å². The first-order valence-electron chi connectivity index (χ1n) is 11.6. The molecule has 0 atom stereocenters. The van der Waals surface area contributed by atoms with Gasteiger partial charge in [-0.2, -0.15) is 0 Å². The summed E-state index contributed by atoms with van der Waals surface area (Å²) in [5, 5.41) is 0. The van der Waals surface area contributed by atoms with Crippen molar-refractivity contribution in [3.05, 3.63) is 131 Å². The monoisotopic (exact) mass is 414 g/mol. The van der Waals surface area contributed by atoms with Crippen molar-refractivity contribution in [2.45, 2.75) is 32.6 Å². The fourth-order valence-electron chi connectivity index (χ4n) is 4.77. The quantitative estimate of drug-likeness (QED) is 0.380. The maximum Gasteiger partial charge on any atom is 0.0205 e. The molecule has 5 rings (SSSR count). The lowest BCUT2D eigenvalue weighted by Gasteiger charge is -2.15. The van der Waals surface area contributed by atoms with Crippen LogP contribution in [0.2, 0.25) is 0 Å². The highest BCUT2D eigenvalue weighted by molar-refractivity contribution is 5.80. The number of allylic oxidation sites excluding steroid dienone is 6. The highest BCUT2D eigenvalue weighted by Gasteiger charge is 2.15. The Bertz CT molecular complexity index is 1230. The maximum absolute atomic E-state index is 4.25. The largest absolute Gasteiger partial charge is 0.0950 e. The minimum atomic E-state index is 0.359. The third-order valence-electron chi connectivity index (χ3n) is 6.71. The van der Waals surface area contributed by atoms with Gasteiger partial charge >= 0.3 is 0 Å². The highest BCUT2D eigenvalue weighted by Crippen LogP contribution is 2.35. The summed E-state index contributed by atoms with van der Waals surface area (Å²) in [5.41, 5.74) is 12.0. The summed E-state index contributed by atoms with van der Waals surface area (Å²) in [5.74, 6) is 0.826. The molecule has 2 aliphatic carbocycles. The summed E-state index contributed by atoms with van der Waals surface area (Å²) in [6, 6.07) is 22.8. The second-order valence-electron chi connectivity index (χ2n) is 9.30. The van der Waals surface area contributed by atoms with Crippen LogP contribution in [0, 0.1) is 5.92 Å². The lowest BCUT2D eigenvalue weighted by Crippen LogP contribution is -1.97. The molecule has 0 amide bonds. The van der Waals surface area contributed by atoms with Crippen molar-refractivity contribution >= 4 is 11.6 Å². The molecule has 0 fully saturated rings. The number of rotatable bonds is 6. The van der Waals surface area contributed by atoms with E-state index in [0.29, 0.717) is 11.8 Å². The van der Waals surface area contributed by atoms with Crippen molar-refractivity contribution in [3.8, 4) is 11.1 Å². The molecule has 0 spiro atoms. The molecule has 3 aromatic rings. The molecule has 158 valence electrons. The van der Waals surface area contributed by atoms with Gasteiger partial charge in [-0.3, -0.25) is 0 Å². The standard InChI is InChI=1S/C32H30/c1-22(2)23(3)26-16-14-24(15-17-26)18-25-19-29(27-8-4-5-9-27)21-30(20-25)32-13-7-11-28-10-6-12-31(28)32/h4-9,11-17,19-22,27H,3,10,18H2,1-2H3. The lowest BCUT2D eigenvalue weighted by atomic mass is 9.89. The van der Waals surface area contributed by atoms with Crippen LogP contribution in [0.4, 0.5) is 0 Å². The zero-order valence-corrected chi connectivity index (χ0v) is 19.0. The fourth-order valence-corrected chi connectivity index (χ4v) is 4.77. The summed E-state index contributed by atoms with van der Waals surface area (Å²) < 4.78 is 0. The number of hydrogen-bond acceptors (Lipinski definition) is 0. The van der Waals surface area contributed by atoms with Crippen LogP contribution in [0.25, 0.3) is 22.8 Å². The third-order valence-corrected chi connectivity index (χ3v) is 6.71. The van der Waals surface area contributed by atoms with Gasteiger partial charge in [0.05, 0.1) is 0 Å². The summed E-state index contributed by atoms with van der Waals surface area (Å²) in [6.45, 7) is 8.65.